The van der Waals surface area contributed by atoms with Crippen LogP contribution in [0.1, 0.15) is 12.6 Å². The van der Waals surface area contributed by atoms with Crippen molar-refractivity contribution in [2.75, 3.05) is 0 Å². The quantitative estimate of drug-likeness (QED) is 0.470. The third-order valence-electron chi connectivity index (χ3n) is 3.60. The Morgan fingerprint density at radius 3 is 2.84 bits per heavy atom. The van der Waals surface area contributed by atoms with Gasteiger partial charge < -0.3 is 8.98 Å². The molecular formula is C17H15N5OS2. The minimum atomic E-state index is 0.667. The molecule has 0 radical (unpaired) electrons. The van der Waals surface area contributed by atoms with Gasteiger partial charge in [0.05, 0.1) is 10.6 Å². The molecule has 0 amide bonds. The predicted molar refractivity (Wildman–Crippen MR) is 98.3 cm³/mol. The highest BCUT2D eigenvalue weighted by Crippen LogP contribution is 2.28. The first-order valence-electron chi connectivity index (χ1n) is 7.80. The van der Waals surface area contributed by atoms with Crippen LogP contribution in [0.25, 0.3) is 22.2 Å². The largest absolute Gasteiger partial charge is 0.444 e. The number of rotatable bonds is 6. The number of pyridine rings is 1. The molecule has 0 N–H and O–H groups in total. The fourth-order valence-corrected chi connectivity index (χ4v) is 3.96. The van der Waals surface area contributed by atoms with Gasteiger partial charge in [-0.05, 0) is 30.5 Å². The summed E-state index contributed by atoms with van der Waals surface area (Å²) in [5.41, 5.74) is 1.90. The van der Waals surface area contributed by atoms with E-state index in [2.05, 4.69) is 31.7 Å². The van der Waals surface area contributed by atoms with Gasteiger partial charge in [0.25, 0.3) is 0 Å². The SMILES string of the molecule is CCn1c(SCc2coc(-c3cccs3)n2)nnc1-c1ccncc1. The molecule has 0 bridgehead atoms. The Bertz CT molecular complexity index is 947. The van der Waals surface area contributed by atoms with Crippen LogP contribution in [-0.4, -0.2) is 24.7 Å². The van der Waals surface area contributed by atoms with Crippen molar-refractivity contribution < 1.29 is 4.42 Å². The molecule has 0 saturated carbocycles. The zero-order chi connectivity index (χ0) is 17.1. The Morgan fingerprint density at radius 2 is 2.08 bits per heavy atom. The summed E-state index contributed by atoms with van der Waals surface area (Å²) in [4.78, 5) is 9.63. The van der Waals surface area contributed by atoms with E-state index < -0.39 is 0 Å². The third-order valence-corrected chi connectivity index (χ3v) is 5.46. The van der Waals surface area contributed by atoms with E-state index in [9.17, 15) is 0 Å². The molecule has 8 heteroatoms. The van der Waals surface area contributed by atoms with Crippen molar-refractivity contribution in [2.45, 2.75) is 24.4 Å². The molecular weight excluding hydrogens is 354 g/mol. The number of aromatic nitrogens is 5. The molecule has 0 aromatic carbocycles. The van der Waals surface area contributed by atoms with E-state index in [1.54, 1.807) is 41.8 Å². The summed E-state index contributed by atoms with van der Waals surface area (Å²) in [5.74, 6) is 2.20. The maximum absolute atomic E-state index is 5.56. The lowest BCUT2D eigenvalue weighted by atomic mass is 10.2. The first-order valence-corrected chi connectivity index (χ1v) is 9.66. The zero-order valence-corrected chi connectivity index (χ0v) is 15.1. The first-order chi connectivity index (χ1) is 12.3. The Hall–Kier alpha value is -2.45. The molecule has 0 fully saturated rings. The number of oxazole rings is 1. The van der Waals surface area contributed by atoms with Gasteiger partial charge in [-0.1, -0.05) is 17.8 Å². The highest BCUT2D eigenvalue weighted by molar-refractivity contribution is 7.98. The summed E-state index contributed by atoms with van der Waals surface area (Å²) in [6, 6.07) is 7.87. The minimum absolute atomic E-state index is 0.667. The summed E-state index contributed by atoms with van der Waals surface area (Å²) in [7, 11) is 0. The molecule has 4 rings (SSSR count). The first kappa shape index (κ1) is 16.0. The van der Waals surface area contributed by atoms with Gasteiger partial charge in [-0.25, -0.2) is 4.98 Å². The van der Waals surface area contributed by atoms with Crippen molar-refractivity contribution in [3.8, 4) is 22.2 Å². The van der Waals surface area contributed by atoms with E-state index >= 15 is 0 Å². The molecule has 4 aromatic rings. The Kier molecular flexibility index (Phi) is 4.62. The standard InChI is InChI=1S/C17H15N5OS2/c1-2-22-15(12-5-7-18-8-6-12)20-21-17(22)25-11-13-10-23-16(19-13)14-4-3-9-24-14/h3-10H,2,11H2,1H3. The normalized spacial score (nSPS) is 11.1. The molecule has 0 saturated heterocycles. The Balaban J connectivity index is 1.51. The lowest BCUT2D eigenvalue weighted by Gasteiger charge is -2.06. The second-order valence-electron chi connectivity index (χ2n) is 5.20. The summed E-state index contributed by atoms with van der Waals surface area (Å²) in [5, 5.41) is 11.6. The van der Waals surface area contributed by atoms with Crippen LogP contribution >= 0.6 is 23.1 Å². The van der Waals surface area contributed by atoms with Crippen LogP contribution in [0.2, 0.25) is 0 Å². The number of thiophene rings is 1. The molecule has 0 aliphatic carbocycles. The van der Waals surface area contributed by atoms with Crippen LogP contribution in [0.3, 0.4) is 0 Å². The van der Waals surface area contributed by atoms with Gasteiger partial charge in [0.1, 0.15) is 6.26 Å². The monoisotopic (exact) mass is 369 g/mol. The molecule has 0 spiro atoms. The van der Waals surface area contributed by atoms with Crippen molar-refractivity contribution in [3.05, 3.63) is 54.0 Å². The van der Waals surface area contributed by atoms with Crippen molar-refractivity contribution in [1.82, 2.24) is 24.7 Å². The summed E-state index contributed by atoms with van der Waals surface area (Å²) < 4.78 is 7.66. The number of hydrogen-bond donors (Lipinski definition) is 0. The molecule has 126 valence electrons. The van der Waals surface area contributed by atoms with E-state index in [1.165, 1.54) is 0 Å². The molecule has 0 aliphatic heterocycles. The minimum Gasteiger partial charge on any atom is -0.444 e. The zero-order valence-electron chi connectivity index (χ0n) is 13.5. The molecule has 0 atom stereocenters. The fourth-order valence-electron chi connectivity index (χ4n) is 2.42. The van der Waals surface area contributed by atoms with Crippen LogP contribution in [0.5, 0.6) is 0 Å². The lowest BCUT2D eigenvalue weighted by Crippen LogP contribution is -2.00. The second-order valence-corrected chi connectivity index (χ2v) is 7.09. The van der Waals surface area contributed by atoms with E-state index in [0.29, 0.717) is 11.6 Å². The lowest BCUT2D eigenvalue weighted by molar-refractivity contribution is 0.575. The number of nitrogens with zero attached hydrogens (tertiary/aromatic N) is 5. The molecule has 6 nitrogen and oxygen atoms in total. The van der Waals surface area contributed by atoms with Crippen molar-refractivity contribution >= 4 is 23.1 Å². The molecule has 25 heavy (non-hydrogen) atoms. The van der Waals surface area contributed by atoms with Crippen LogP contribution in [0.15, 0.2) is 57.9 Å². The highest BCUT2D eigenvalue weighted by Gasteiger charge is 2.14. The highest BCUT2D eigenvalue weighted by atomic mass is 32.2. The molecule has 0 aliphatic rings. The predicted octanol–water partition coefficient (Wildman–Crippen LogP) is 4.37. The number of hydrogen-bond acceptors (Lipinski definition) is 7. The summed E-state index contributed by atoms with van der Waals surface area (Å²) in [6.07, 6.45) is 5.23. The van der Waals surface area contributed by atoms with Gasteiger partial charge in [-0.3, -0.25) is 4.98 Å². The van der Waals surface area contributed by atoms with Crippen LogP contribution in [0.4, 0.5) is 0 Å². The Labute approximate surface area is 153 Å². The van der Waals surface area contributed by atoms with Gasteiger partial charge in [0.2, 0.25) is 5.89 Å². The van der Waals surface area contributed by atoms with Gasteiger partial charge >= 0.3 is 0 Å². The van der Waals surface area contributed by atoms with Gasteiger partial charge in [-0.2, -0.15) is 0 Å². The smallest absolute Gasteiger partial charge is 0.236 e. The summed E-state index contributed by atoms with van der Waals surface area (Å²) >= 11 is 3.22. The van der Waals surface area contributed by atoms with Crippen LogP contribution in [-0.2, 0) is 12.3 Å². The fraction of sp³-hybridized carbons (Fsp3) is 0.176. The van der Waals surface area contributed by atoms with Gasteiger partial charge in [-0.15, -0.1) is 21.5 Å². The van der Waals surface area contributed by atoms with E-state index in [-0.39, 0.29) is 0 Å². The van der Waals surface area contributed by atoms with Crippen LogP contribution in [0, 0.1) is 0 Å². The Morgan fingerprint density at radius 1 is 1.20 bits per heavy atom. The molecule has 0 unspecified atom stereocenters. The average Bonchev–Trinajstić information content (AvgIpc) is 3.39. The summed E-state index contributed by atoms with van der Waals surface area (Å²) in [6.45, 7) is 2.88. The van der Waals surface area contributed by atoms with Crippen molar-refractivity contribution in [3.63, 3.8) is 0 Å². The van der Waals surface area contributed by atoms with Crippen molar-refractivity contribution in [2.24, 2.45) is 0 Å². The van der Waals surface area contributed by atoms with E-state index in [4.69, 9.17) is 4.42 Å². The third kappa shape index (κ3) is 3.35. The topological polar surface area (TPSA) is 69.6 Å². The maximum Gasteiger partial charge on any atom is 0.236 e. The van der Waals surface area contributed by atoms with E-state index in [1.807, 2.05) is 29.6 Å². The van der Waals surface area contributed by atoms with Crippen LogP contribution < -0.4 is 0 Å². The molecule has 4 aromatic heterocycles. The van der Waals surface area contributed by atoms with Gasteiger partial charge in [0, 0.05) is 30.3 Å². The average molecular weight is 369 g/mol. The van der Waals surface area contributed by atoms with Crippen molar-refractivity contribution in [1.29, 1.82) is 0 Å². The van der Waals surface area contributed by atoms with E-state index in [0.717, 1.165) is 33.7 Å². The number of thioether (sulfide) groups is 1. The van der Waals surface area contributed by atoms with Gasteiger partial charge in [0.15, 0.2) is 11.0 Å². The maximum atomic E-state index is 5.56. The molecule has 4 heterocycles. The second kappa shape index (κ2) is 7.20.